The van der Waals surface area contributed by atoms with Crippen molar-refractivity contribution in [3.63, 3.8) is 0 Å². The van der Waals surface area contributed by atoms with E-state index >= 15 is 0 Å². The summed E-state index contributed by atoms with van der Waals surface area (Å²) >= 11 is 0. The van der Waals surface area contributed by atoms with Gasteiger partial charge in [0.15, 0.2) is 0 Å². The van der Waals surface area contributed by atoms with E-state index in [1.165, 1.54) is 0 Å². The van der Waals surface area contributed by atoms with E-state index in [4.69, 9.17) is 5.11 Å². The number of aliphatic hydroxyl groups excluding tert-OH is 1. The number of aromatic nitrogens is 2. The quantitative estimate of drug-likeness (QED) is 0.737. The van der Waals surface area contributed by atoms with Crippen LogP contribution in [-0.4, -0.2) is 40.2 Å². The second-order valence-electron chi connectivity index (χ2n) is 4.72. The van der Waals surface area contributed by atoms with Crippen molar-refractivity contribution in [2.75, 3.05) is 20.2 Å². The van der Waals surface area contributed by atoms with E-state index in [1.54, 1.807) is 0 Å². The topological polar surface area (TPSA) is 52.1 Å². The van der Waals surface area contributed by atoms with Gasteiger partial charge in [0.05, 0.1) is 17.6 Å². The number of nitrogens with zero attached hydrogens (tertiary/aromatic N) is 2. The molecule has 0 spiro atoms. The Morgan fingerprint density at radius 3 is 2.83 bits per heavy atom. The number of unbranched alkanes of at least 4 members (excludes halogenated alkanes) is 2. The van der Waals surface area contributed by atoms with Crippen molar-refractivity contribution in [1.82, 2.24) is 14.9 Å². The summed E-state index contributed by atoms with van der Waals surface area (Å²) in [6.45, 7) is 2.18. The first-order valence-corrected chi connectivity index (χ1v) is 6.52. The van der Waals surface area contributed by atoms with E-state index in [2.05, 4.69) is 21.9 Å². The Morgan fingerprint density at radius 2 is 2.06 bits per heavy atom. The number of rotatable bonds is 7. The van der Waals surface area contributed by atoms with Gasteiger partial charge in [-0.05, 0) is 45.0 Å². The van der Waals surface area contributed by atoms with Crippen molar-refractivity contribution in [3.05, 3.63) is 30.1 Å². The zero-order chi connectivity index (χ0) is 12.8. The van der Waals surface area contributed by atoms with Crippen molar-refractivity contribution >= 4 is 11.0 Å². The Labute approximate surface area is 108 Å². The molecule has 1 aromatic heterocycles. The minimum absolute atomic E-state index is 0.299. The maximum Gasteiger partial charge on any atom is 0.121 e. The van der Waals surface area contributed by atoms with E-state index in [0.717, 1.165) is 49.2 Å². The number of hydrogen-bond acceptors (Lipinski definition) is 3. The Hall–Kier alpha value is -1.39. The highest BCUT2D eigenvalue weighted by atomic mass is 16.2. The Bertz CT molecular complexity index is 448. The lowest BCUT2D eigenvalue weighted by atomic mass is 10.2. The van der Waals surface area contributed by atoms with Crippen LogP contribution in [-0.2, 0) is 6.54 Å². The molecule has 98 valence electrons. The van der Waals surface area contributed by atoms with Crippen molar-refractivity contribution in [2.24, 2.45) is 0 Å². The Morgan fingerprint density at radius 1 is 1.22 bits per heavy atom. The number of nitrogens with one attached hydrogen (secondary N) is 1. The molecule has 0 unspecified atom stereocenters. The van der Waals surface area contributed by atoms with E-state index in [0.29, 0.717) is 6.61 Å². The average Bonchev–Trinajstić information content (AvgIpc) is 2.76. The van der Waals surface area contributed by atoms with Gasteiger partial charge in [0, 0.05) is 6.61 Å². The van der Waals surface area contributed by atoms with Crippen molar-refractivity contribution in [1.29, 1.82) is 0 Å². The van der Waals surface area contributed by atoms with Crippen LogP contribution < -0.4 is 0 Å². The van der Waals surface area contributed by atoms with Crippen LogP contribution in [0.5, 0.6) is 0 Å². The SMILES string of the molecule is CN(CCCCCO)Cc1nc2ccccc2[nH]1. The summed E-state index contributed by atoms with van der Waals surface area (Å²) in [5, 5.41) is 8.72. The van der Waals surface area contributed by atoms with Gasteiger partial charge in [0.1, 0.15) is 5.82 Å². The zero-order valence-corrected chi connectivity index (χ0v) is 10.9. The molecule has 0 aliphatic heterocycles. The van der Waals surface area contributed by atoms with Gasteiger partial charge in [0.25, 0.3) is 0 Å². The lowest BCUT2D eigenvalue weighted by Gasteiger charge is -2.14. The molecule has 0 fully saturated rings. The molecule has 0 radical (unpaired) electrons. The van der Waals surface area contributed by atoms with Crippen LogP contribution in [0.1, 0.15) is 25.1 Å². The van der Waals surface area contributed by atoms with Crippen LogP contribution >= 0.6 is 0 Å². The third-order valence-corrected chi connectivity index (χ3v) is 3.06. The minimum Gasteiger partial charge on any atom is -0.396 e. The lowest BCUT2D eigenvalue weighted by molar-refractivity contribution is 0.270. The first-order chi connectivity index (χ1) is 8.79. The van der Waals surface area contributed by atoms with E-state index < -0.39 is 0 Å². The zero-order valence-electron chi connectivity index (χ0n) is 10.9. The normalized spacial score (nSPS) is 11.5. The molecule has 4 nitrogen and oxygen atoms in total. The maximum absolute atomic E-state index is 8.72. The largest absolute Gasteiger partial charge is 0.396 e. The number of H-pyrrole nitrogens is 1. The molecule has 4 heteroatoms. The van der Waals surface area contributed by atoms with Gasteiger partial charge in [-0.2, -0.15) is 0 Å². The highest BCUT2D eigenvalue weighted by molar-refractivity contribution is 5.74. The molecular weight excluding hydrogens is 226 g/mol. The fraction of sp³-hybridized carbons (Fsp3) is 0.500. The summed E-state index contributed by atoms with van der Waals surface area (Å²) in [6.07, 6.45) is 3.11. The molecule has 0 amide bonds. The Balaban J connectivity index is 1.84. The molecule has 0 saturated heterocycles. The van der Waals surface area contributed by atoms with Gasteiger partial charge in [-0.1, -0.05) is 12.1 Å². The summed E-state index contributed by atoms with van der Waals surface area (Å²) < 4.78 is 0. The third kappa shape index (κ3) is 3.55. The van der Waals surface area contributed by atoms with E-state index in [9.17, 15) is 0 Å². The van der Waals surface area contributed by atoms with Crippen molar-refractivity contribution in [2.45, 2.75) is 25.8 Å². The number of benzene rings is 1. The molecule has 18 heavy (non-hydrogen) atoms. The molecule has 2 rings (SSSR count). The summed E-state index contributed by atoms with van der Waals surface area (Å²) in [4.78, 5) is 10.2. The number of hydrogen-bond donors (Lipinski definition) is 2. The summed E-state index contributed by atoms with van der Waals surface area (Å²) in [6, 6.07) is 8.10. The van der Waals surface area contributed by atoms with Crippen LogP contribution in [0.3, 0.4) is 0 Å². The molecule has 0 saturated carbocycles. The second-order valence-corrected chi connectivity index (χ2v) is 4.72. The average molecular weight is 247 g/mol. The standard InChI is InChI=1S/C14H21N3O/c1-17(9-5-2-6-10-18)11-14-15-12-7-3-4-8-13(12)16-14/h3-4,7-8,18H,2,5-6,9-11H2,1H3,(H,15,16). The molecular formula is C14H21N3O. The smallest absolute Gasteiger partial charge is 0.121 e. The molecule has 2 aromatic rings. The van der Waals surface area contributed by atoms with Crippen molar-refractivity contribution in [3.8, 4) is 0 Å². The predicted octanol–water partition coefficient (Wildman–Crippen LogP) is 2.16. The molecule has 1 aromatic carbocycles. The maximum atomic E-state index is 8.72. The molecule has 0 bridgehead atoms. The number of imidazole rings is 1. The summed E-state index contributed by atoms with van der Waals surface area (Å²) in [5.41, 5.74) is 2.13. The third-order valence-electron chi connectivity index (χ3n) is 3.06. The summed E-state index contributed by atoms with van der Waals surface area (Å²) in [5.74, 6) is 1.01. The highest BCUT2D eigenvalue weighted by Crippen LogP contribution is 2.11. The van der Waals surface area contributed by atoms with Crippen LogP contribution in [0.15, 0.2) is 24.3 Å². The van der Waals surface area contributed by atoms with Crippen LogP contribution in [0.25, 0.3) is 11.0 Å². The molecule has 0 aliphatic rings. The van der Waals surface area contributed by atoms with Gasteiger partial charge in [-0.25, -0.2) is 4.98 Å². The Kier molecular flexibility index (Phi) is 4.73. The molecule has 0 aliphatic carbocycles. The predicted molar refractivity (Wildman–Crippen MR) is 73.4 cm³/mol. The molecule has 0 atom stereocenters. The monoisotopic (exact) mass is 247 g/mol. The molecule has 2 N–H and O–H groups in total. The van der Waals surface area contributed by atoms with E-state index in [-0.39, 0.29) is 0 Å². The highest BCUT2D eigenvalue weighted by Gasteiger charge is 2.05. The van der Waals surface area contributed by atoms with Gasteiger partial charge in [0.2, 0.25) is 0 Å². The van der Waals surface area contributed by atoms with Crippen LogP contribution in [0, 0.1) is 0 Å². The number of para-hydroxylation sites is 2. The van der Waals surface area contributed by atoms with Gasteiger partial charge in [-0.3, -0.25) is 4.90 Å². The first kappa shape index (κ1) is 13.1. The number of aromatic amines is 1. The lowest BCUT2D eigenvalue weighted by Crippen LogP contribution is -2.19. The van der Waals surface area contributed by atoms with Crippen molar-refractivity contribution < 1.29 is 5.11 Å². The second kappa shape index (κ2) is 6.52. The van der Waals surface area contributed by atoms with Gasteiger partial charge >= 0.3 is 0 Å². The summed E-state index contributed by atoms with van der Waals surface area (Å²) in [7, 11) is 2.10. The van der Waals surface area contributed by atoms with Gasteiger partial charge in [-0.15, -0.1) is 0 Å². The van der Waals surface area contributed by atoms with Crippen LogP contribution in [0.2, 0.25) is 0 Å². The number of fused-ring (bicyclic) bond motifs is 1. The minimum atomic E-state index is 0.299. The number of aliphatic hydroxyl groups is 1. The van der Waals surface area contributed by atoms with E-state index in [1.807, 2.05) is 24.3 Å². The van der Waals surface area contributed by atoms with Crippen LogP contribution in [0.4, 0.5) is 0 Å². The first-order valence-electron chi connectivity index (χ1n) is 6.52. The fourth-order valence-corrected chi connectivity index (χ4v) is 2.09. The molecule has 1 heterocycles. The van der Waals surface area contributed by atoms with Gasteiger partial charge < -0.3 is 10.1 Å². The fourth-order valence-electron chi connectivity index (χ4n) is 2.09.